The summed E-state index contributed by atoms with van der Waals surface area (Å²) in [5, 5.41) is 10.8. The zero-order chi connectivity index (χ0) is 14.0. The van der Waals surface area contributed by atoms with Gasteiger partial charge in [-0.25, -0.2) is 4.98 Å². The van der Waals surface area contributed by atoms with E-state index in [-0.39, 0.29) is 0 Å². The standard InChI is InChI=1S/C15H16ClNO2/c1-9-4-5-12(15(19-3)10(9)2)14(18)11-6-7-17-13(16)8-11/h4-8,14,18H,1-3H3. The van der Waals surface area contributed by atoms with Gasteiger partial charge in [0.05, 0.1) is 7.11 Å². The normalized spacial score (nSPS) is 12.3. The third-order valence-electron chi connectivity index (χ3n) is 3.27. The third-order valence-corrected chi connectivity index (χ3v) is 3.48. The van der Waals surface area contributed by atoms with Crippen LogP contribution in [0.1, 0.15) is 28.4 Å². The van der Waals surface area contributed by atoms with Gasteiger partial charge in [-0.15, -0.1) is 0 Å². The summed E-state index contributed by atoms with van der Waals surface area (Å²) in [5.41, 5.74) is 3.58. The number of hydrogen-bond acceptors (Lipinski definition) is 3. The Morgan fingerprint density at radius 2 is 2.00 bits per heavy atom. The van der Waals surface area contributed by atoms with Gasteiger partial charge in [-0.05, 0) is 42.7 Å². The van der Waals surface area contributed by atoms with Crippen molar-refractivity contribution in [3.05, 3.63) is 57.9 Å². The van der Waals surface area contributed by atoms with Crippen molar-refractivity contribution >= 4 is 11.6 Å². The van der Waals surface area contributed by atoms with Crippen LogP contribution in [-0.4, -0.2) is 17.2 Å². The average molecular weight is 278 g/mol. The first-order valence-electron chi connectivity index (χ1n) is 5.98. The van der Waals surface area contributed by atoms with Crippen LogP contribution >= 0.6 is 11.6 Å². The fourth-order valence-corrected chi connectivity index (χ4v) is 2.25. The predicted molar refractivity (Wildman–Crippen MR) is 75.8 cm³/mol. The maximum absolute atomic E-state index is 10.5. The Morgan fingerprint density at radius 3 is 2.63 bits per heavy atom. The Kier molecular flexibility index (Phi) is 4.08. The van der Waals surface area contributed by atoms with E-state index in [1.54, 1.807) is 25.4 Å². The lowest BCUT2D eigenvalue weighted by atomic mass is 9.97. The van der Waals surface area contributed by atoms with Crippen molar-refractivity contribution in [2.24, 2.45) is 0 Å². The van der Waals surface area contributed by atoms with Crippen LogP contribution in [0.25, 0.3) is 0 Å². The minimum atomic E-state index is -0.783. The number of aromatic nitrogens is 1. The number of pyridine rings is 1. The van der Waals surface area contributed by atoms with Crippen LogP contribution in [-0.2, 0) is 0 Å². The SMILES string of the molecule is COc1c(C(O)c2ccnc(Cl)c2)ccc(C)c1C. The molecule has 0 aliphatic heterocycles. The molecule has 1 atom stereocenters. The molecule has 100 valence electrons. The van der Waals surface area contributed by atoms with Crippen LogP contribution < -0.4 is 4.74 Å². The second-order valence-corrected chi connectivity index (χ2v) is 4.83. The molecule has 0 spiro atoms. The lowest BCUT2D eigenvalue weighted by molar-refractivity contribution is 0.214. The second kappa shape index (κ2) is 5.59. The monoisotopic (exact) mass is 277 g/mol. The molecule has 0 aliphatic carbocycles. The molecule has 1 unspecified atom stereocenters. The predicted octanol–water partition coefficient (Wildman–Crippen LogP) is 3.44. The fraction of sp³-hybridized carbons (Fsp3) is 0.267. The number of benzene rings is 1. The Labute approximate surface area is 117 Å². The molecule has 4 heteroatoms. The second-order valence-electron chi connectivity index (χ2n) is 4.44. The van der Waals surface area contributed by atoms with Gasteiger partial charge < -0.3 is 9.84 Å². The Bertz CT molecular complexity index is 599. The molecule has 0 radical (unpaired) electrons. The number of ether oxygens (including phenoxy) is 1. The summed E-state index contributed by atoms with van der Waals surface area (Å²) in [6, 6.07) is 7.24. The molecule has 2 aromatic rings. The quantitative estimate of drug-likeness (QED) is 0.874. The number of aliphatic hydroxyl groups is 1. The first-order valence-corrected chi connectivity index (χ1v) is 6.36. The molecule has 0 saturated carbocycles. The van der Waals surface area contributed by atoms with Crippen LogP contribution in [0.2, 0.25) is 5.15 Å². The van der Waals surface area contributed by atoms with Crippen molar-refractivity contribution in [2.75, 3.05) is 7.11 Å². The number of hydrogen-bond donors (Lipinski definition) is 1. The van der Waals surface area contributed by atoms with Gasteiger partial charge in [-0.3, -0.25) is 0 Å². The van der Waals surface area contributed by atoms with Gasteiger partial charge in [0.2, 0.25) is 0 Å². The van der Waals surface area contributed by atoms with E-state index in [0.29, 0.717) is 16.5 Å². The number of methoxy groups -OCH3 is 1. The maximum atomic E-state index is 10.5. The molecule has 0 saturated heterocycles. The molecule has 19 heavy (non-hydrogen) atoms. The molecule has 1 aromatic heterocycles. The van der Waals surface area contributed by atoms with Crippen molar-refractivity contribution in [1.82, 2.24) is 4.98 Å². The smallest absolute Gasteiger partial charge is 0.129 e. The highest BCUT2D eigenvalue weighted by molar-refractivity contribution is 6.29. The van der Waals surface area contributed by atoms with E-state index in [0.717, 1.165) is 16.7 Å². The summed E-state index contributed by atoms with van der Waals surface area (Å²) in [6.07, 6.45) is 0.795. The first kappa shape index (κ1) is 13.8. The fourth-order valence-electron chi connectivity index (χ4n) is 2.06. The summed E-state index contributed by atoms with van der Waals surface area (Å²) < 4.78 is 5.42. The van der Waals surface area contributed by atoms with Crippen molar-refractivity contribution in [3.63, 3.8) is 0 Å². The lowest BCUT2D eigenvalue weighted by Crippen LogP contribution is -2.04. The van der Waals surface area contributed by atoms with Crippen LogP contribution in [0.3, 0.4) is 0 Å². The average Bonchev–Trinajstić information content (AvgIpc) is 2.41. The van der Waals surface area contributed by atoms with Gasteiger partial charge >= 0.3 is 0 Å². The van der Waals surface area contributed by atoms with Crippen molar-refractivity contribution in [3.8, 4) is 5.75 Å². The van der Waals surface area contributed by atoms with Gasteiger partial charge in [0.15, 0.2) is 0 Å². The zero-order valence-corrected chi connectivity index (χ0v) is 11.9. The van der Waals surface area contributed by atoms with Crippen LogP contribution in [0, 0.1) is 13.8 Å². The van der Waals surface area contributed by atoms with Gasteiger partial charge in [-0.2, -0.15) is 0 Å². The van der Waals surface area contributed by atoms with Crippen molar-refractivity contribution in [1.29, 1.82) is 0 Å². The molecule has 0 fully saturated rings. The van der Waals surface area contributed by atoms with E-state index in [9.17, 15) is 5.11 Å². The molecule has 1 N–H and O–H groups in total. The number of nitrogens with zero attached hydrogens (tertiary/aromatic N) is 1. The van der Waals surface area contributed by atoms with Crippen molar-refractivity contribution in [2.45, 2.75) is 20.0 Å². The molecule has 1 heterocycles. The molecular formula is C15H16ClNO2. The summed E-state index contributed by atoms with van der Waals surface area (Å²) in [6.45, 7) is 3.99. The Balaban J connectivity index is 2.50. The number of aryl methyl sites for hydroxylation is 1. The van der Waals surface area contributed by atoms with Crippen LogP contribution in [0.15, 0.2) is 30.5 Å². The minimum Gasteiger partial charge on any atom is -0.496 e. The summed E-state index contributed by atoms with van der Waals surface area (Å²) in [7, 11) is 1.61. The van der Waals surface area contributed by atoms with Gasteiger partial charge in [0.25, 0.3) is 0 Å². The highest BCUT2D eigenvalue weighted by atomic mass is 35.5. The van der Waals surface area contributed by atoms with E-state index in [1.165, 1.54) is 0 Å². The molecule has 0 aliphatic rings. The van der Waals surface area contributed by atoms with Gasteiger partial charge in [-0.1, -0.05) is 23.7 Å². The molecule has 0 amide bonds. The summed E-state index contributed by atoms with van der Waals surface area (Å²) >= 11 is 5.85. The van der Waals surface area contributed by atoms with E-state index < -0.39 is 6.10 Å². The van der Waals surface area contributed by atoms with E-state index >= 15 is 0 Å². The topological polar surface area (TPSA) is 42.4 Å². The number of rotatable bonds is 3. The zero-order valence-electron chi connectivity index (χ0n) is 11.1. The molecule has 2 rings (SSSR count). The number of halogens is 1. The lowest BCUT2D eigenvalue weighted by Gasteiger charge is -2.18. The van der Waals surface area contributed by atoms with E-state index in [2.05, 4.69) is 4.98 Å². The van der Waals surface area contributed by atoms with Gasteiger partial charge in [0, 0.05) is 11.8 Å². The molecule has 1 aromatic carbocycles. The summed E-state index contributed by atoms with van der Waals surface area (Å²) in [4.78, 5) is 3.91. The largest absolute Gasteiger partial charge is 0.496 e. The minimum absolute atomic E-state index is 0.361. The van der Waals surface area contributed by atoms with Crippen molar-refractivity contribution < 1.29 is 9.84 Å². The summed E-state index contributed by atoms with van der Waals surface area (Å²) in [5.74, 6) is 0.709. The third kappa shape index (κ3) is 2.72. The highest BCUT2D eigenvalue weighted by Crippen LogP contribution is 2.34. The molecule has 0 bridgehead atoms. The molecule has 3 nitrogen and oxygen atoms in total. The van der Waals surface area contributed by atoms with E-state index in [4.69, 9.17) is 16.3 Å². The van der Waals surface area contributed by atoms with E-state index in [1.807, 2.05) is 26.0 Å². The molecular weight excluding hydrogens is 262 g/mol. The Morgan fingerprint density at radius 1 is 1.26 bits per heavy atom. The van der Waals surface area contributed by atoms with Gasteiger partial charge in [0.1, 0.15) is 17.0 Å². The maximum Gasteiger partial charge on any atom is 0.129 e. The highest BCUT2D eigenvalue weighted by Gasteiger charge is 2.18. The number of aliphatic hydroxyl groups excluding tert-OH is 1. The van der Waals surface area contributed by atoms with Crippen LogP contribution in [0.5, 0.6) is 5.75 Å². The van der Waals surface area contributed by atoms with Crippen LogP contribution in [0.4, 0.5) is 0 Å². The first-order chi connectivity index (χ1) is 9.04. The Hall–Kier alpha value is -1.58.